The van der Waals surface area contributed by atoms with Gasteiger partial charge in [-0.15, -0.1) is 0 Å². The van der Waals surface area contributed by atoms with Gasteiger partial charge in [-0.05, 0) is 6.92 Å². The minimum atomic E-state index is -4.28. The van der Waals surface area contributed by atoms with E-state index in [0.717, 1.165) is 0 Å². The Balaban J connectivity index is 0. The fraction of sp³-hybridized carbons (Fsp3) is 0.750. The Kier molecular flexibility index (Phi) is 7.94. The molecule has 0 radical (unpaired) electrons. The van der Waals surface area contributed by atoms with Crippen molar-refractivity contribution in [2.75, 3.05) is 13.7 Å². The standard InChI is InChI=1S/C4H10NO4P.Na/c1-3-9-10(7,8)4(6)5-2;/h3H2,1-2H3,(H,5,6)(H,7,8);/q;+1/p-1. The van der Waals surface area contributed by atoms with Crippen molar-refractivity contribution in [3.63, 3.8) is 0 Å². The summed E-state index contributed by atoms with van der Waals surface area (Å²) in [6, 6.07) is 0. The van der Waals surface area contributed by atoms with Gasteiger partial charge in [-0.1, -0.05) is 0 Å². The van der Waals surface area contributed by atoms with Crippen LogP contribution in [0.1, 0.15) is 6.92 Å². The van der Waals surface area contributed by atoms with Gasteiger partial charge in [0.2, 0.25) is 7.60 Å². The summed E-state index contributed by atoms with van der Waals surface area (Å²) in [6.07, 6.45) is 0. The maximum absolute atomic E-state index is 10.6. The van der Waals surface area contributed by atoms with Gasteiger partial charge in [-0.25, -0.2) is 0 Å². The monoisotopic (exact) mass is 189 g/mol. The van der Waals surface area contributed by atoms with Crippen LogP contribution in [0.3, 0.4) is 0 Å². The summed E-state index contributed by atoms with van der Waals surface area (Å²) >= 11 is 0. The largest absolute Gasteiger partial charge is 1.00 e. The zero-order valence-electron chi connectivity index (χ0n) is 6.79. The van der Waals surface area contributed by atoms with Crippen LogP contribution in [0.4, 0.5) is 4.79 Å². The predicted octanol–water partition coefficient (Wildman–Crippen LogP) is -3.08. The molecular formula is C4H9NNaO4P. The summed E-state index contributed by atoms with van der Waals surface area (Å²) in [5.74, 6) is 0. The number of carbonyl (C=O) groups is 1. The number of amides is 1. The van der Waals surface area contributed by atoms with E-state index in [0.29, 0.717) is 0 Å². The first kappa shape index (κ1) is 14.2. The minimum absolute atomic E-state index is 0. The van der Waals surface area contributed by atoms with E-state index in [1.54, 1.807) is 0 Å². The minimum Gasteiger partial charge on any atom is -0.772 e. The molecule has 0 rings (SSSR count). The summed E-state index contributed by atoms with van der Waals surface area (Å²) in [6.45, 7) is 1.47. The average Bonchev–Trinajstić information content (AvgIpc) is 1.86. The first-order chi connectivity index (χ1) is 4.54. The van der Waals surface area contributed by atoms with Gasteiger partial charge in [0.25, 0.3) is 5.65 Å². The average molecular weight is 189 g/mol. The molecule has 1 amide bonds. The Morgan fingerprint density at radius 1 is 1.73 bits per heavy atom. The van der Waals surface area contributed by atoms with E-state index in [1.165, 1.54) is 14.0 Å². The molecule has 0 aliphatic heterocycles. The Bertz CT molecular complexity index is 173. The summed E-state index contributed by atoms with van der Waals surface area (Å²) in [7, 11) is -3.06. The number of hydrogen-bond donors (Lipinski definition) is 1. The number of rotatable bonds is 3. The van der Waals surface area contributed by atoms with Gasteiger partial charge in [0.05, 0.1) is 6.61 Å². The fourth-order valence-corrected chi connectivity index (χ4v) is 1.10. The molecule has 0 aromatic rings. The Hall–Kier alpha value is 0.620. The second kappa shape index (κ2) is 6.17. The number of carbonyl (C=O) groups excluding carboxylic acids is 1. The molecule has 0 aromatic carbocycles. The molecule has 0 aliphatic rings. The van der Waals surface area contributed by atoms with Gasteiger partial charge >= 0.3 is 29.6 Å². The summed E-state index contributed by atoms with van der Waals surface area (Å²) in [4.78, 5) is 21.0. The summed E-state index contributed by atoms with van der Waals surface area (Å²) in [5, 5.41) is 1.95. The molecule has 1 atom stereocenters. The summed E-state index contributed by atoms with van der Waals surface area (Å²) in [5.41, 5.74) is -1.09. The quantitative estimate of drug-likeness (QED) is 0.377. The predicted molar refractivity (Wildman–Crippen MR) is 33.7 cm³/mol. The molecule has 0 aromatic heterocycles. The van der Waals surface area contributed by atoms with E-state index in [2.05, 4.69) is 4.52 Å². The molecule has 0 saturated carbocycles. The van der Waals surface area contributed by atoms with Crippen molar-refractivity contribution in [2.45, 2.75) is 6.92 Å². The van der Waals surface area contributed by atoms with E-state index in [9.17, 15) is 14.3 Å². The zero-order valence-corrected chi connectivity index (χ0v) is 9.68. The Morgan fingerprint density at radius 2 is 2.18 bits per heavy atom. The van der Waals surface area contributed by atoms with E-state index in [4.69, 9.17) is 0 Å². The van der Waals surface area contributed by atoms with Crippen molar-refractivity contribution in [1.29, 1.82) is 0 Å². The van der Waals surface area contributed by atoms with Gasteiger partial charge in [-0.3, -0.25) is 9.36 Å². The molecule has 60 valence electrons. The van der Waals surface area contributed by atoms with Gasteiger partial charge < -0.3 is 14.7 Å². The molecule has 0 spiro atoms. The molecule has 0 heterocycles. The first-order valence-corrected chi connectivity index (χ1v) is 4.26. The van der Waals surface area contributed by atoms with Crippen molar-refractivity contribution in [2.24, 2.45) is 0 Å². The van der Waals surface area contributed by atoms with Crippen LogP contribution >= 0.6 is 7.60 Å². The van der Waals surface area contributed by atoms with E-state index >= 15 is 0 Å². The maximum Gasteiger partial charge on any atom is 1.00 e. The van der Waals surface area contributed by atoms with Crippen LogP contribution in [0.15, 0.2) is 0 Å². The van der Waals surface area contributed by atoms with Crippen molar-refractivity contribution < 1.29 is 48.3 Å². The molecule has 0 fully saturated rings. The maximum atomic E-state index is 10.6. The third-order valence-corrected chi connectivity index (χ3v) is 2.08. The van der Waals surface area contributed by atoms with Crippen LogP contribution in [0.25, 0.3) is 0 Å². The molecule has 0 saturated heterocycles. The number of nitrogens with one attached hydrogen (secondary N) is 1. The van der Waals surface area contributed by atoms with Crippen LogP contribution in [0.5, 0.6) is 0 Å². The van der Waals surface area contributed by atoms with Gasteiger partial charge in [0.1, 0.15) is 0 Å². The molecular weight excluding hydrogens is 180 g/mol. The Morgan fingerprint density at radius 3 is 2.45 bits per heavy atom. The fourth-order valence-electron chi connectivity index (χ4n) is 0.366. The molecule has 7 heteroatoms. The van der Waals surface area contributed by atoms with Crippen LogP contribution < -0.4 is 39.8 Å². The molecule has 1 N–H and O–H groups in total. The molecule has 1 unspecified atom stereocenters. The number of hydrogen-bond acceptors (Lipinski definition) is 4. The van der Waals surface area contributed by atoms with Crippen molar-refractivity contribution in [3.05, 3.63) is 0 Å². The second-order valence-corrected chi connectivity index (χ2v) is 3.13. The summed E-state index contributed by atoms with van der Waals surface area (Å²) < 4.78 is 14.7. The van der Waals surface area contributed by atoms with Crippen molar-refractivity contribution >= 4 is 13.2 Å². The third-order valence-electron chi connectivity index (χ3n) is 0.762. The SMILES string of the molecule is CCOP(=O)([O-])C(=O)NC.[Na+]. The van der Waals surface area contributed by atoms with Crippen LogP contribution in [-0.4, -0.2) is 19.3 Å². The van der Waals surface area contributed by atoms with Gasteiger partial charge in [0, 0.05) is 7.05 Å². The van der Waals surface area contributed by atoms with Gasteiger partial charge in [0.15, 0.2) is 0 Å². The Labute approximate surface area is 87.3 Å². The van der Waals surface area contributed by atoms with Crippen LogP contribution in [0, 0.1) is 0 Å². The molecule has 0 aliphatic carbocycles. The first-order valence-electron chi connectivity index (χ1n) is 2.72. The van der Waals surface area contributed by atoms with Crippen molar-refractivity contribution in [1.82, 2.24) is 5.32 Å². The van der Waals surface area contributed by atoms with Crippen LogP contribution in [0.2, 0.25) is 0 Å². The zero-order chi connectivity index (χ0) is 8.20. The molecule has 0 bridgehead atoms. The van der Waals surface area contributed by atoms with E-state index < -0.39 is 13.2 Å². The topological polar surface area (TPSA) is 78.5 Å². The van der Waals surface area contributed by atoms with E-state index in [1.807, 2.05) is 5.32 Å². The van der Waals surface area contributed by atoms with Crippen LogP contribution in [-0.2, 0) is 9.09 Å². The molecule has 5 nitrogen and oxygen atoms in total. The normalized spacial score (nSPS) is 14.5. The van der Waals surface area contributed by atoms with Gasteiger partial charge in [-0.2, -0.15) is 0 Å². The third kappa shape index (κ3) is 4.95. The van der Waals surface area contributed by atoms with Crippen molar-refractivity contribution in [3.8, 4) is 0 Å². The van der Waals surface area contributed by atoms with E-state index in [-0.39, 0.29) is 36.2 Å². The molecule has 11 heavy (non-hydrogen) atoms. The second-order valence-electron chi connectivity index (χ2n) is 1.47. The smallest absolute Gasteiger partial charge is 0.772 e.